The molecule has 1 aromatic carbocycles. The van der Waals surface area contributed by atoms with Gasteiger partial charge in [-0.05, 0) is 30.0 Å². The Morgan fingerprint density at radius 1 is 1.50 bits per heavy atom. The molecule has 2 rings (SSSR count). The standard InChI is InChI=1S/C13H14N2O/c1-2-9-7-10(3-4-12(9)14)11-5-6-15-13(16)8-11/h1,3-4,7,11H,5-6,8,14H2,(H,15,16)/t11-/m0/s1. The third kappa shape index (κ3) is 2.01. The van der Waals surface area contributed by atoms with Crippen LogP contribution in [0.25, 0.3) is 0 Å². The minimum atomic E-state index is 0.107. The number of amides is 1. The third-order valence-corrected chi connectivity index (χ3v) is 2.95. The quantitative estimate of drug-likeness (QED) is 0.546. The topological polar surface area (TPSA) is 55.1 Å². The summed E-state index contributed by atoms with van der Waals surface area (Å²) >= 11 is 0. The molecule has 0 radical (unpaired) electrons. The van der Waals surface area contributed by atoms with Crippen LogP contribution in [0, 0.1) is 12.3 Å². The zero-order valence-electron chi connectivity index (χ0n) is 8.99. The van der Waals surface area contributed by atoms with Crippen LogP contribution in [0.3, 0.4) is 0 Å². The van der Waals surface area contributed by atoms with E-state index < -0.39 is 0 Å². The van der Waals surface area contributed by atoms with Gasteiger partial charge in [-0.1, -0.05) is 12.0 Å². The molecule has 1 atom stereocenters. The number of rotatable bonds is 1. The number of benzene rings is 1. The summed E-state index contributed by atoms with van der Waals surface area (Å²) in [7, 11) is 0. The molecule has 1 heterocycles. The van der Waals surface area contributed by atoms with Gasteiger partial charge in [-0.3, -0.25) is 4.79 Å². The number of hydrogen-bond acceptors (Lipinski definition) is 2. The molecule has 0 bridgehead atoms. The first-order valence-corrected chi connectivity index (χ1v) is 5.33. The van der Waals surface area contributed by atoms with Crippen LogP contribution in [0.4, 0.5) is 5.69 Å². The third-order valence-electron chi connectivity index (χ3n) is 2.95. The lowest BCUT2D eigenvalue weighted by atomic mass is 9.89. The summed E-state index contributed by atoms with van der Waals surface area (Å²) in [6, 6.07) is 5.69. The Hall–Kier alpha value is -1.95. The molecule has 1 fully saturated rings. The van der Waals surface area contributed by atoms with Crippen LogP contribution < -0.4 is 11.1 Å². The van der Waals surface area contributed by atoms with Crippen molar-refractivity contribution in [3.8, 4) is 12.3 Å². The lowest BCUT2D eigenvalue weighted by Crippen LogP contribution is -2.32. The molecule has 1 aromatic rings. The van der Waals surface area contributed by atoms with Gasteiger partial charge < -0.3 is 11.1 Å². The minimum Gasteiger partial charge on any atom is -0.398 e. The number of piperidine rings is 1. The summed E-state index contributed by atoms with van der Waals surface area (Å²) in [4.78, 5) is 11.3. The van der Waals surface area contributed by atoms with Crippen molar-refractivity contribution in [2.24, 2.45) is 0 Å². The van der Waals surface area contributed by atoms with E-state index in [9.17, 15) is 4.79 Å². The molecule has 1 amide bonds. The van der Waals surface area contributed by atoms with Crippen molar-refractivity contribution >= 4 is 11.6 Å². The summed E-state index contributed by atoms with van der Waals surface area (Å²) in [6.07, 6.45) is 6.86. The molecule has 3 nitrogen and oxygen atoms in total. The van der Waals surface area contributed by atoms with Gasteiger partial charge in [0.05, 0.1) is 0 Å². The average molecular weight is 214 g/mol. The Labute approximate surface area is 95.0 Å². The number of hydrogen-bond donors (Lipinski definition) is 2. The lowest BCUT2D eigenvalue weighted by molar-refractivity contribution is -0.122. The second-order valence-corrected chi connectivity index (χ2v) is 4.03. The number of anilines is 1. The van der Waals surface area contributed by atoms with E-state index in [1.807, 2.05) is 18.2 Å². The van der Waals surface area contributed by atoms with Crippen molar-refractivity contribution < 1.29 is 4.79 Å². The van der Waals surface area contributed by atoms with Gasteiger partial charge >= 0.3 is 0 Å². The predicted octanol–water partition coefficient (Wildman–Crippen LogP) is 1.24. The molecular formula is C13H14N2O. The zero-order chi connectivity index (χ0) is 11.5. The molecule has 0 spiro atoms. The van der Waals surface area contributed by atoms with Gasteiger partial charge in [0.25, 0.3) is 0 Å². The Bertz CT molecular complexity index is 459. The zero-order valence-corrected chi connectivity index (χ0v) is 8.99. The average Bonchev–Trinajstić information content (AvgIpc) is 2.29. The fraction of sp³-hybridized carbons (Fsp3) is 0.308. The van der Waals surface area contributed by atoms with E-state index in [0.717, 1.165) is 18.5 Å². The highest BCUT2D eigenvalue weighted by Crippen LogP contribution is 2.27. The van der Waals surface area contributed by atoms with Crippen molar-refractivity contribution in [2.75, 3.05) is 12.3 Å². The molecule has 0 aromatic heterocycles. The molecule has 1 aliphatic heterocycles. The molecule has 16 heavy (non-hydrogen) atoms. The van der Waals surface area contributed by atoms with Crippen molar-refractivity contribution in [2.45, 2.75) is 18.8 Å². The first-order valence-electron chi connectivity index (χ1n) is 5.33. The van der Waals surface area contributed by atoms with Crippen molar-refractivity contribution in [1.82, 2.24) is 5.32 Å². The van der Waals surface area contributed by atoms with Crippen molar-refractivity contribution in [3.63, 3.8) is 0 Å². The van der Waals surface area contributed by atoms with Crippen LogP contribution in [0.2, 0.25) is 0 Å². The molecule has 1 aliphatic rings. The molecular weight excluding hydrogens is 200 g/mol. The summed E-state index contributed by atoms with van der Waals surface area (Å²) in [6.45, 7) is 0.735. The van der Waals surface area contributed by atoms with E-state index in [2.05, 4.69) is 11.2 Å². The van der Waals surface area contributed by atoms with Crippen molar-refractivity contribution in [1.29, 1.82) is 0 Å². The predicted molar refractivity (Wildman–Crippen MR) is 63.8 cm³/mol. The maximum absolute atomic E-state index is 11.3. The van der Waals surface area contributed by atoms with Gasteiger partial charge in [0.15, 0.2) is 0 Å². The van der Waals surface area contributed by atoms with Crippen molar-refractivity contribution in [3.05, 3.63) is 29.3 Å². The van der Waals surface area contributed by atoms with E-state index in [1.54, 1.807) is 0 Å². The number of terminal acetylenes is 1. The van der Waals surface area contributed by atoms with Gasteiger partial charge in [0.2, 0.25) is 5.91 Å². The SMILES string of the molecule is C#Cc1cc([C@H]2CCNC(=O)C2)ccc1N. The Morgan fingerprint density at radius 2 is 2.31 bits per heavy atom. The number of nitrogen functional groups attached to an aromatic ring is 1. The van der Waals surface area contributed by atoms with Gasteiger partial charge in [0, 0.05) is 24.2 Å². The van der Waals surface area contributed by atoms with Crippen LogP contribution in [-0.4, -0.2) is 12.5 Å². The second kappa shape index (κ2) is 4.28. The van der Waals surface area contributed by atoms with Crippen LogP contribution in [0.1, 0.15) is 29.9 Å². The van der Waals surface area contributed by atoms with Gasteiger partial charge in [-0.2, -0.15) is 0 Å². The summed E-state index contributed by atoms with van der Waals surface area (Å²) in [5, 5.41) is 2.82. The fourth-order valence-electron chi connectivity index (χ4n) is 2.02. The van der Waals surface area contributed by atoms with Gasteiger partial charge in [-0.15, -0.1) is 6.42 Å². The van der Waals surface area contributed by atoms with Crippen LogP contribution in [-0.2, 0) is 4.79 Å². The fourth-order valence-corrected chi connectivity index (χ4v) is 2.02. The molecule has 3 heteroatoms. The number of carbonyl (C=O) groups excluding carboxylic acids is 1. The molecule has 82 valence electrons. The Morgan fingerprint density at radius 3 is 3.00 bits per heavy atom. The van der Waals surface area contributed by atoms with E-state index in [1.165, 1.54) is 0 Å². The van der Waals surface area contributed by atoms with Crippen LogP contribution in [0.15, 0.2) is 18.2 Å². The highest BCUT2D eigenvalue weighted by atomic mass is 16.1. The Kier molecular flexibility index (Phi) is 2.82. The summed E-state index contributed by atoms with van der Waals surface area (Å²) < 4.78 is 0. The van der Waals surface area contributed by atoms with E-state index >= 15 is 0 Å². The maximum Gasteiger partial charge on any atom is 0.220 e. The number of carbonyl (C=O) groups is 1. The van der Waals surface area contributed by atoms with Gasteiger partial charge in [-0.25, -0.2) is 0 Å². The second-order valence-electron chi connectivity index (χ2n) is 4.03. The highest BCUT2D eigenvalue weighted by Gasteiger charge is 2.20. The normalized spacial score (nSPS) is 19.9. The van der Waals surface area contributed by atoms with E-state index in [4.69, 9.17) is 12.2 Å². The lowest BCUT2D eigenvalue weighted by Gasteiger charge is -2.22. The Balaban J connectivity index is 2.27. The molecule has 0 aliphatic carbocycles. The maximum atomic E-state index is 11.3. The molecule has 3 N–H and O–H groups in total. The van der Waals surface area contributed by atoms with E-state index in [0.29, 0.717) is 17.7 Å². The smallest absolute Gasteiger partial charge is 0.220 e. The molecule has 1 saturated heterocycles. The van der Waals surface area contributed by atoms with Crippen LogP contribution in [0.5, 0.6) is 0 Å². The number of nitrogens with one attached hydrogen (secondary N) is 1. The van der Waals surface area contributed by atoms with Crippen LogP contribution >= 0.6 is 0 Å². The molecule has 0 saturated carbocycles. The summed E-state index contributed by atoms with van der Waals surface area (Å²) in [5.74, 6) is 2.93. The first kappa shape index (κ1) is 10.6. The number of nitrogens with two attached hydrogens (primary N) is 1. The first-order chi connectivity index (χ1) is 7.70. The summed E-state index contributed by atoms with van der Waals surface area (Å²) in [5.41, 5.74) is 8.17. The minimum absolute atomic E-state index is 0.107. The highest BCUT2D eigenvalue weighted by molar-refractivity contribution is 5.77. The monoisotopic (exact) mass is 214 g/mol. The van der Waals surface area contributed by atoms with Gasteiger partial charge in [0.1, 0.15) is 0 Å². The molecule has 0 unspecified atom stereocenters. The largest absolute Gasteiger partial charge is 0.398 e. The van der Waals surface area contributed by atoms with E-state index in [-0.39, 0.29) is 11.8 Å².